The first-order valence-corrected chi connectivity index (χ1v) is 8.71. The lowest BCUT2D eigenvalue weighted by Crippen LogP contribution is -2.17. The number of carbonyl (C=O) groups is 2. The summed E-state index contributed by atoms with van der Waals surface area (Å²) in [7, 11) is 1.28. The van der Waals surface area contributed by atoms with Crippen molar-refractivity contribution in [2.24, 2.45) is 0 Å². The van der Waals surface area contributed by atoms with Crippen LogP contribution in [0.15, 0.2) is 54.6 Å². The standard InChI is InChI=1S/C20H17ClN4O3/c1-12-7-8-13(21)11-17(12)22-18-10-9-16(24-25-18)19(26)23-15-6-4-3-5-14(15)20(27)28-2/h3-11H,1-2H3,(H,22,25)(H,23,26). The topological polar surface area (TPSA) is 93.2 Å². The van der Waals surface area contributed by atoms with Gasteiger partial charge in [-0.1, -0.05) is 29.8 Å². The summed E-state index contributed by atoms with van der Waals surface area (Å²) in [6, 6.07) is 15.2. The molecule has 1 aromatic heterocycles. The van der Waals surface area contributed by atoms with Crippen molar-refractivity contribution in [1.29, 1.82) is 0 Å². The molecule has 3 aromatic rings. The Morgan fingerprint density at radius 1 is 1.00 bits per heavy atom. The summed E-state index contributed by atoms with van der Waals surface area (Å²) in [6.07, 6.45) is 0. The zero-order valence-electron chi connectivity index (χ0n) is 15.2. The molecule has 0 spiro atoms. The third-order valence-electron chi connectivity index (χ3n) is 3.94. The lowest BCUT2D eigenvalue weighted by Gasteiger charge is -2.10. The number of para-hydroxylation sites is 1. The molecule has 2 N–H and O–H groups in total. The molecule has 8 heteroatoms. The number of hydrogen-bond donors (Lipinski definition) is 2. The third kappa shape index (κ3) is 4.44. The molecular weight excluding hydrogens is 380 g/mol. The van der Waals surface area contributed by atoms with Gasteiger partial charge in [-0.15, -0.1) is 10.2 Å². The highest BCUT2D eigenvalue weighted by Gasteiger charge is 2.15. The molecule has 0 saturated heterocycles. The molecular formula is C20H17ClN4O3. The summed E-state index contributed by atoms with van der Waals surface area (Å²) in [6.45, 7) is 1.94. The number of aryl methyl sites for hydroxylation is 1. The second-order valence-electron chi connectivity index (χ2n) is 5.88. The fourth-order valence-corrected chi connectivity index (χ4v) is 2.63. The van der Waals surface area contributed by atoms with Crippen LogP contribution < -0.4 is 10.6 Å². The van der Waals surface area contributed by atoms with E-state index in [1.165, 1.54) is 13.2 Å². The molecule has 0 aliphatic heterocycles. The van der Waals surface area contributed by atoms with Crippen LogP contribution in [0.5, 0.6) is 0 Å². The number of ether oxygens (including phenoxy) is 1. The maximum Gasteiger partial charge on any atom is 0.339 e. The average Bonchev–Trinajstić information content (AvgIpc) is 2.71. The predicted molar refractivity (Wildman–Crippen MR) is 107 cm³/mol. The first-order valence-electron chi connectivity index (χ1n) is 8.33. The summed E-state index contributed by atoms with van der Waals surface area (Å²) in [5.74, 6) is -0.565. The number of carbonyl (C=O) groups excluding carboxylic acids is 2. The molecule has 142 valence electrons. The van der Waals surface area contributed by atoms with Gasteiger partial charge in [-0.3, -0.25) is 4.79 Å². The Kier molecular flexibility index (Phi) is 5.86. The van der Waals surface area contributed by atoms with Crippen LogP contribution in [0, 0.1) is 6.92 Å². The molecule has 0 radical (unpaired) electrons. The molecule has 3 rings (SSSR count). The average molecular weight is 397 g/mol. The van der Waals surface area contributed by atoms with Crippen LogP contribution >= 0.6 is 11.6 Å². The van der Waals surface area contributed by atoms with Gasteiger partial charge in [-0.2, -0.15) is 0 Å². The Bertz CT molecular complexity index is 1020. The van der Waals surface area contributed by atoms with Gasteiger partial charge in [0.1, 0.15) is 0 Å². The molecule has 0 fully saturated rings. The quantitative estimate of drug-likeness (QED) is 0.627. The third-order valence-corrected chi connectivity index (χ3v) is 4.18. The number of aromatic nitrogens is 2. The van der Waals surface area contributed by atoms with Gasteiger partial charge in [0.2, 0.25) is 0 Å². The first-order chi connectivity index (χ1) is 13.5. The summed E-state index contributed by atoms with van der Waals surface area (Å²) in [4.78, 5) is 24.2. The van der Waals surface area contributed by atoms with E-state index in [0.717, 1.165) is 11.3 Å². The Hall–Kier alpha value is -3.45. The molecule has 2 aromatic carbocycles. The van der Waals surface area contributed by atoms with Gasteiger partial charge in [0.05, 0.1) is 18.4 Å². The highest BCUT2D eigenvalue weighted by atomic mass is 35.5. The van der Waals surface area contributed by atoms with E-state index in [2.05, 4.69) is 20.8 Å². The number of nitrogens with one attached hydrogen (secondary N) is 2. The molecule has 0 aliphatic carbocycles. The largest absolute Gasteiger partial charge is 0.465 e. The van der Waals surface area contributed by atoms with Crippen LogP contribution in [0.2, 0.25) is 5.02 Å². The highest BCUT2D eigenvalue weighted by molar-refractivity contribution is 6.30. The van der Waals surface area contributed by atoms with E-state index >= 15 is 0 Å². The molecule has 0 aliphatic rings. The zero-order valence-corrected chi connectivity index (χ0v) is 15.9. The van der Waals surface area contributed by atoms with Crippen molar-refractivity contribution in [2.75, 3.05) is 17.7 Å². The Labute approximate surface area is 166 Å². The van der Waals surface area contributed by atoms with Gasteiger partial charge >= 0.3 is 5.97 Å². The molecule has 0 atom stereocenters. The minimum atomic E-state index is -0.543. The second kappa shape index (κ2) is 8.49. The van der Waals surface area contributed by atoms with Crippen molar-refractivity contribution in [3.63, 3.8) is 0 Å². The SMILES string of the molecule is COC(=O)c1ccccc1NC(=O)c1ccc(Nc2cc(Cl)ccc2C)nn1. The van der Waals surface area contributed by atoms with Crippen molar-refractivity contribution >= 4 is 40.7 Å². The Morgan fingerprint density at radius 3 is 2.50 bits per heavy atom. The van der Waals surface area contributed by atoms with Crippen molar-refractivity contribution in [2.45, 2.75) is 6.92 Å². The van der Waals surface area contributed by atoms with Crippen LogP contribution in [-0.2, 0) is 4.74 Å². The van der Waals surface area contributed by atoms with Gasteiger partial charge in [0, 0.05) is 10.7 Å². The van der Waals surface area contributed by atoms with E-state index in [1.54, 1.807) is 42.5 Å². The number of hydrogen-bond acceptors (Lipinski definition) is 6. The van der Waals surface area contributed by atoms with Crippen molar-refractivity contribution in [3.05, 3.63) is 76.4 Å². The molecule has 1 heterocycles. The number of anilines is 3. The number of methoxy groups -OCH3 is 1. The number of amides is 1. The summed E-state index contributed by atoms with van der Waals surface area (Å²) in [5, 5.41) is 14.3. The maximum atomic E-state index is 12.4. The minimum absolute atomic E-state index is 0.105. The molecule has 1 amide bonds. The number of benzene rings is 2. The molecule has 0 unspecified atom stereocenters. The summed E-state index contributed by atoms with van der Waals surface area (Å²) in [5.41, 5.74) is 2.48. The van der Waals surface area contributed by atoms with Gasteiger partial charge in [-0.05, 0) is 48.9 Å². The molecule has 0 bridgehead atoms. The normalized spacial score (nSPS) is 10.2. The fourth-order valence-electron chi connectivity index (χ4n) is 2.45. The van der Waals surface area contributed by atoms with Crippen LogP contribution in [-0.4, -0.2) is 29.2 Å². The Morgan fingerprint density at radius 2 is 1.79 bits per heavy atom. The van der Waals surface area contributed by atoms with E-state index in [9.17, 15) is 9.59 Å². The van der Waals surface area contributed by atoms with Gasteiger partial charge in [0.25, 0.3) is 5.91 Å². The van der Waals surface area contributed by atoms with Crippen LogP contribution in [0.25, 0.3) is 0 Å². The first kappa shape index (κ1) is 19.3. The number of esters is 1. The van der Waals surface area contributed by atoms with Crippen molar-refractivity contribution in [1.82, 2.24) is 10.2 Å². The smallest absolute Gasteiger partial charge is 0.339 e. The van der Waals surface area contributed by atoms with E-state index in [4.69, 9.17) is 16.3 Å². The zero-order chi connectivity index (χ0) is 20.1. The van der Waals surface area contributed by atoms with Gasteiger partial charge < -0.3 is 15.4 Å². The summed E-state index contributed by atoms with van der Waals surface area (Å²) < 4.78 is 4.72. The van der Waals surface area contributed by atoms with Crippen molar-refractivity contribution < 1.29 is 14.3 Å². The van der Waals surface area contributed by atoms with E-state index in [-0.39, 0.29) is 11.3 Å². The monoisotopic (exact) mass is 396 g/mol. The lowest BCUT2D eigenvalue weighted by atomic mass is 10.1. The molecule has 7 nitrogen and oxygen atoms in total. The van der Waals surface area contributed by atoms with Gasteiger partial charge in [0.15, 0.2) is 11.5 Å². The van der Waals surface area contributed by atoms with E-state index in [1.807, 2.05) is 13.0 Å². The van der Waals surface area contributed by atoms with Crippen LogP contribution in [0.1, 0.15) is 26.4 Å². The van der Waals surface area contributed by atoms with E-state index < -0.39 is 11.9 Å². The maximum absolute atomic E-state index is 12.4. The van der Waals surface area contributed by atoms with Crippen LogP contribution in [0.3, 0.4) is 0 Å². The van der Waals surface area contributed by atoms with Crippen molar-refractivity contribution in [3.8, 4) is 0 Å². The Balaban J connectivity index is 1.74. The summed E-state index contributed by atoms with van der Waals surface area (Å²) >= 11 is 6.01. The second-order valence-corrected chi connectivity index (χ2v) is 6.32. The highest BCUT2D eigenvalue weighted by Crippen LogP contribution is 2.23. The number of halogens is 1. The minimum Gasteiger partial charge on any atom is -0.465 e. The fraction of sp³-hybridized carbons (Fsp3) is 0.100. The van der Waals surface area contributed by atoms with E-state index in [0.29, 0.717) is 16.5 Å². The number of rotatable bonds is 5. The lowest BCUT2D eigenvalue weighted by molar-refractivity contribution is 0.0602. The van der Waals surface area contributed by atoms with Gasteiger partial charge in [-0.25, -0.2) is 4.79 Å². The number of nitrogens with zero attached hydrogens (tertiary/aromatic N) is 2. The predicted octanol–water partition coefficient (Wildman–Crippen LogP) is 4.22. The van der Waals surface area contributed by atoms with Crippen LogP contribution in [0.4, 0.5) is 17.2 Å². The molecule has 0 saturated carbocycles. The molecule has 28 heavy (non-hydrogen) atoms.